The number of carbonyl (C=O) groups is 1. The Morgan fingerprint density at radius 1 is 1.27 bits per heavy atom. The molecule has 0 fully saturated rings. The van der Waals surface area contributed by atoms with E-state index in [1.54, 1.807) is 10.9 Å². The molecular weight excluding hydrogens is 280 g/mol. The van der Waals surface area contributed by atoms with Gasteiger partial charge in [0.2, 0.25) is 0 Å². The van der Waals surface area contributed by atoms with Crippen LogP contribution < -0.4 is 5.43 Å². The van der Waals surface area contributed by atoms with Gasteiger partial charge >= 0.3 is 0 Å². The lowest BCUT2D eigenvalue weighted by atomic mass is 10.2. The van der Waals surface area contributed by atoms with Crippen LogP contribution in [0.15, 0.2) is 11.2 Å². The molecule has 118 valence electrons. The molecule has 7 heteroatoms. The number of hydrogen-bond acceptors (Lipinski definition) is 4. The van der Waals surface area contributed by atoms with E-state index < -0.39 is 0 Å². The third-order valence-corrected chi connectivity index (χ3v) is 3.52. The fourth-order valence-corrected chi connectivity index (χ4v) is 2.38. The maximum Gasteiger partial charge on any atom is 0.261 e. The van der Waals surface area contributed by atoms with Gasteiger partial charge in [-0.1, -0.05) is 0 Å². The second kappa shape index (κ2) is 6.55. The number of hydrogen-bond donors (Lipinski definition) is 1. The monoisotopic (exact) mass is 302 g/mol. The zero-order chi connectivity index (χ0) is 16.3. The molecule has 0 aliphatic rings. The molecule has 0 saturated heterocycles. The van der Waals surface area contributed by atoms with Gasteiger partial charge in [-0.15, -0.1) is 0 Å². The Morgan fingerprint density at radius 3 is 2.55 bits per heavy atom. The first kappa shape index (κ1) is 15.9. The smallest absolute Gasteiger partial charge is 0.261 e. The Bertz CT molecular complexity index is 710. The van der Waals surface area contributed by atoms with Crippen molar-refractivity contribution in [2.45, 2.75) is 47.7 Å². The maximum atomic E-state index is 11.9. The van der Waals surface area contributed by atoms with E-state index in [4.69, 9.17) is 0 Å². The lowest BCUT2D eigenvalue weighted by Crippen LogP contribution is -2.24. The van der Waals surface area contributed by atoms with Gasteiger partial charge in [0.05, 0.1) is 17.6 Å². The summed E-state index contributed by atoms with van der Waals surface area (Å²) in [4.78, 5) is 11.9. The molecule has 2 heterocycles. The molecular formula is C15H22N6O. The third kappa shape index (κ3) is 3.41. The van der Waals surface area contributed by atoms with Crippen LogP contribution in [-0.2, 0) is 17.9 Å². The maximum absolute atomic E-state index is 11.9. The van der Waals surface area contributed by atoms with Crippen LogP contribution in [0, 0.1) is 27.7 Å². The summed E-state index contributed by atoms with van der Waals surface area (Å²) in [5, 5.41) is 12.7. The van der Waals surface area contributed by atoms with Crippen LogP contribution in [0.4, 0.5) is 0 Å². The van der Waals surface area contributed by atoms with Crippen LogP contribution in [0.3, 0.4) is 0 Å². The first-order chi connectivity index (χ1) is 10.4. The number of rotatable bonds is 5. The van der Waals surface area contributed by atoms with E-state index >= 15 is 0 Å². The highest BCUT2D eigenvalue weighted by Gasteiger charge is 2.09. The first-order valence-corrected chi connectivity index (χ1v) is 7.29. The van der Waals surface area contributed by atoms with Crippen molar-refractivity contribution in [2.24, 2.45) is 5.10 Å². The van der Waals surface area contributed by atoms with Gasteiger partial charge in [0.15, 0.2) is 0 Å². The zero-order valence-corrected chi connectivity index (χ0v) is 13.7. The molecule has 1 N–H and O–H groups in total. The second-order valence-electron chi connectivity index (χ2n) is 5.28. The average Bonchev–Trinajstić information content (AvgIpc) is 2.91. The molecule has 0 aliphatic heterocycles. The van der Waals surface area contributed by atoms with Crippen molar-refractivity contribution < 1.29 is 4.79 Å². The molecule has 2 rings (SSSR count). The molecule has 0 aliphatic carbocycles. The molecule has 2 aromatic rings. The number of nitrogens with one attached hydrogen (secondary N) is 1. The van der Waals surface area contributed by atoms with Gasteiger partial charge in [-0.2, -0.15) is 15.3 Å². The van der Waals surface area contributed by atoms with E-state index in [9.17, 15) is 4.79 Å². The van der Waals surface area contributed by atoms with E-state index in [0.29, 0.717) is 0 Å². The van der Waals surface area contributed by atoms with Crippen molar-refractivity contribution in [3.63, 3.8) is 0 Å². The van der Waals surface area contributed by atoms with Gasteiger partial charge in [-0.25, -0.2) is 5.43 Å². The normalized spacial score (nSPS) is 11.3. The molecule has 0 saturated carbocycles. The summed E-state index contributed by atoms with van der Waals surface area (Å²) in [7, 11) is 0. The molecule has 0 radical (unpaired) electrons. The van der Waals surface area contributed by atoms with Crippen molar-refractivity contribution in [3.8, 4) is 0 Å². The number of hydrazone groups is 1. The van der Waals surface area contributed by atoms with Gasteiger partial charge in [0, 0.05) is 23.5 Å². The third-order valence-electron chi connectivity index (χ3n) is 3.52. The fourth-order valence-electron chi connectivity index (χ4n) is 2.38. The summed E-state index contributed by atoms with van der Waals surface area (Å²) in [5.41, 5.74) is 7.25. The summed E-state index contributed by atoms with van der Waals surface area (Å²) < 4.78 is 3.57. The summed E-state index contributed by atoms with van der Waals surface area (Å²) in [6.07, 6.45) is 1.64. The SMILES string of the molecule is CCn1nc(C)c(C=NNC(=O)Cn2nc(C)cc2C)c1C. The Labute approximate surface area is 130 Å². The van der Waals surface area contributed by atoms with Crippen LogP contribution in [-0.4, -0.2) is 31.7 Å². The number of amides is 1. The van der Waals surface area contributed by atoms with Gasteiger partial charge in [-0.3, -0.25) is 14.2 Å². The van der Waals surface area contributed by atoms with Crippen molar-refractivity contribution in [1.82, 2.24) is 25.0 Å². The summed E-state index contributed by atoms with van der Waals surface area (Å²) in [5.74, 6) is -0.208. The lowest BCUT2D eigenvalue weighted by molar-refractivity contribution is -0.121. The lowest BCUT2D eigenvalue weighted by Gasteiger charge is -2.02. The molecule has 1 amide bonds. The van der Waals surface area contributed by atoms with E-state index in [-0.39, 0.29) is 12.5 Å². The average molecular weight is 302 g/mol. The van der Waals surface area contributed by atoms with Gasteiger partial charge in [0.1, 0.15) is 6.54 Å². The summed E-state index contributed by atoms with van der Waals surface area (Å²) in [6, 6.07) is 1.93. The van der Waals surface area contributed by atoms with Crippen LogP contribution in [0.25, 0.3) is 0 Å². The minimum absolute atomic E-state index is 0.156. The standard InChI is InChI=1S/C15H22N6O/c1-6-20-13(5)14(12(4)19-20)8-16-17-15(22)9-21-11(3)7-10(2)18-21/h7-8H,6,9H2,1-5H3,(H,17,22). The van der Waals surface area contributed by atoms with Crippen molar-refractivity contribution >= 4 is 12.1 Å². The van der Waals surface area contributed by atoms with Crippen LogP contribution >= 0.6 is 0 Å². The van der Waals surface area contributed by atoms with E-state index in [0.717, 1.165) is 34.9 Å². The number of nitrogens with zero attached hydrogens (tertiary/aromatic N) is 5. The molecule has 0 aromatic carbocycles. The molecule has 7 nitrogen and oxygen atoms in total. The van der Waals surface area contributed by atoms with Crippen LogP contribution in [0.1, 0.15) is 35.3 Å². The minimum Gasteiger partial charge on any atom is -0.271 e. The van der Waals surface area contributed by atoms with Crippen molar-refractivity contribution in [2.75, 3.05) is 0 Å². The van der Waals surface area contributed by atoms with Crippen LogP contribution in [0.2, 0.25) is 0 Å². The highest BCUT2D eigenvalue weighted by molar-refractivity contribution is 5.84. The van der Waals surface area contributed by atoms with E-state index in [1.807, 2.05) is 45.4 Å². The Balaban J connectivity index is 1.99. The van der Waals surface area contributed by atoms with Crippen LogP contribution in [0.5, 0.6) is 0 Å². The molecule has 0 unspecified atom stereocenters. The second-order valence-corrected chi connectivity index (χ2v) is 5.28. The number of aromatic nitrogens is 4. The quantitative estimate of drug-likeness (QED) is 0.671. The van der Waals surface area contributed by atoms with Crippen molar-refractivity contribution in [3.05, 3.63) is 34.4 Å². The number of carbonyl (C=O) groups excluding carboxylic acids is 1. The predicted octanol–water partition coefficient (Wildman–Crippen LogP) is 1.48. The Morgan fingerprint density at radius 2 is 2.00 bits per heavy atom. The molecule has 2 aromatic heterocycles. The molecule has 22 heavy (non-hydrogen) atoms. The topological polar surface area (TPSA) is 77.1 Å². The van der Waals surface area contributed by atoms with Gasteiger partial charge < -0.3 is 0 Å². The molecule has 0 bridgehead atoms. The predicted molar refractivity (Wildman–Crippen MR) is 84.8 cm³/mol. The number of aryl methyl sites for hydroxylation is 4. The summed E-state index contributed by atoms with van der Waals surface area (Å²) in [6.45, 7) is 10.7. The van der Waals surface area contributed by atoms with Gasteiger partial charge in [0.25, 0.3) is 5.91 Å². The highest BCUT2D eigenvalue weighted by Crippen LogP contribution is 2.10. The highest BCUT2D eigenvalue weighted by atomic mass is 16.2. The Kier molecular flexibility index (Phi) is 4.75. The summed E-state index contributed by atoms with van der Waals surface area (Å²) >= 11 is 0. The zero-order valence-electron chi connectivity index (χ0n) is 13.7. The van der Waals surface area contributed by atoms with E-state index in [1.165, 1.54) is 0 Å². The molecule has 0 spiro atoms. The largest absolute Gasteiger partial charge is 0.271 e. The fraction of sp³-hybridized carbons (Fsp3) is 0.467. The Hall–Kier alpha value is -2.44. The minimum atomic E-state index is -0.208. The van der Waals surface area contributed by atoms with E-state index in [2.05, 4.69) is 20.7 Å². The van der Waals surface area contributed by atoms with Crippen molar-refractivity contribution in [1.29, 1.82) is 0 Å². The molecule has 0 atom stereocenters. The van der Waals surface area contributed by atoms with Gasteiger partial charge in [-0.05, 0) is 40.7 Å². The first-order valence-electron chi connectivity index (χ1n) is 7.29.